The largest absolute Gasteiger partial charge is 0.494 e. The predicted octanol–water partition coefficient (Wildman–Crippen LogP) is 1.85. The molecule has 0 unspecified atom stereocenters. The number of ether oxygens (including phenoxy) is 1. The Morgan fingerprint density at radius 3 is 2.71 bits per heavy atom. The molecule has 0 atom stereocenters. The summed E-state index contributed by atoms with van der Waals surface area (Å²) in [6.45, 7) is 0. The first kappa shape index (κ1) is 11.1. The Bertz CT molecular complexity index is 538. The number of hydrogen-bond donors (Lipinski definition) is 1. The van der Waals surface area contributed by atoms with E-state index in [4.69, 9.17) is 9.84 Å². The number of carboxylic acid groups (broad SMARTS) is 1. The summed E-state index contributed by atoms with van der Waals surface area (Å²) in [7, 11) is 1.56. The highest BCUT2D eigenvalue weighted by Crippen LogP contribution is 2.26. The minimum absolute atomic E-state index is 0.00338. The summed E-state index contributed by atoms with van der Waals surface area (Å²) < 4.78 is 5.17. The number of methoxy groups -OCH3 is 1. The maximum absolute atomic E-state index is 10.7. The molecular weight excluding hydrogens is 220 g/mol. The van der Waals surface area contributed by atoms with Crippen LogP contribution in [-0.2, 0) is 0 Å². The van der Waals surface area contributed by atoms with Crippen LogP contribution in [0.15, 0.2) is 36.7 Å². The molecule has 0 bridgehead atoms. The van der Waals surface area contributed by atoms with Gasteiger partial charge in [-0.3, -0.25) is 4.98 Å². The van der Waals surface area contributed by atoms with Crippen LogP contribution in [0.3, 0.4) is 0 Å². The fourth-order valence-corrected chi connectivity index (χ4v) is 1.43. The van der Waals surface area contributed by atoms with Crippen molar-refractivity contribution in [1.82, 2.24) is 9.97 Å². The van der Waals surface area contributed by atoms with Crippen molar-refractivity contribution in [2.24, 2.45) is 0 Å². The highest BCUT2D eigenvalue weighted by Gasteiger charge is 2.09. The quantitative estimate of drug-likeness (QED) is 0.871. The molecule has 0 radical (unpaired) electrons. The number of carboxylic acids is 1. The molecule has 0 spiro atoms. The number of aromatic carboxylic acids is 1. The minimum atomic E-state index is -1.05. The molecule has 2 aromatic heterocycles. The van der Waals surface area contributed by atoms with Crippen LogP contribution in [-0.4, -0.2) is 28.2 Å². The van der Waals surface area contributed by atoms with Gasteiger partial charge in [0.2, 0.25) is 0 Å². The van der Waals surface area contributed by atoms with E-state index in [2.05, 4.69) is 9.97 Å². The van der Waals surface area contributed by atoms with Crippen LogP contribution in [0.4, 0.5) is 0 Å². The monoisotopic (exact) mass is 230 g/mol. The molecule has 0 aliphatic carbocycles. The van der Waals surface area contributed by atoms with Crippen LogP contribution in [0, 0.1) is 0 Å². The molecular formula is C12H10N2O3. The molecule has 0 amide bonds. The molecule has 17 heavy (non-hydrogen) atoms. The maximum Gasteiger partial charge on any atom is 0.354 e. The highest BCUT2D eigenvalue weighted by atomic mass is 16.5. The van der Waals surface area contributed by atoms with Gasteiger partial charge < -0.3 is 9.84 Å². The standard InChI is InChI=1S/C12H10N2O3/c1-17-10-3-2-6-13-11(10)8-4-5-9(12(15)16)14-7-8/h2-7H,1H3,(H,15,16). The van der Waals surface area contributed by atoms with Gasteiger partial charge >= 0.3 is 5.97 Å². The number of hydrogen-bond acceptors (Lipinski definition) is 4. The van der Waals surface area contributed by atoms with Crippen molar-refractivity contribution in [2.45, 2.75) is 0 Å². The molecule has 0 aliphatic heterocycles. The fourth-order valence-electron chi connectivity index (χ4n) is 1.43. The van der Waals surface area contributed by atoms with Crippen LogP contribution in [0.5, 0.6) is 5.75 Å². The number of carbonyl (C=O) groups is 1. The van der Waals surface area contributed by atoms with Crippen molar-refractivity contribution in [3.8, 4) is 17.0 Å². The summed E-state index contributed by atoms with van der Waals surface area (Å²) in [5.74, 6) is -0.429. The second-order valence-electron chi connectivity index (χ2n) is 3.29. The Morgan fingerprint density at radius 1 is 1.29 bits per heavy atom. The second-order valence-corrected chi connectivity index (χ2v) is 3.29. The number of aromatic nitrogens is 2. The molecule has 1 N–H and O–H groups in total. The van der Waals surface area contributed by atoms with E-state index in [-0.39, 0.29) is 5.69 Å². The van der Waals surface area contributed by atoms with Crippen LogP contribution >= 0.6 is 0 Å². The molecule has 5 nitrogen and oxygen atoms in total. The number of pyridine rings is 2. The van der Waals surface area contributed by atoms with Crippen molar-refractivity contribution in [2.75, 3.05) is 7.11 Å². The van der Waals surface area contributed by atoms with Crippen LogP contribution in [0.1, 0.15) is 10.5 Å². The average molecular weight is 230 g/mol. The van der Waals surface area contributed by atoms with Gasteiger partial charge in [0.15, 0.2) is 0 Å². The normalized spacial score (nSPS) is 9.94. The van der Waals surface area contributed by atoms with Gasteiger partial charge in [0.1, 0.15) is 17.1 Å². The third-order valence-electron chi connectivity index (χ3n) is 2.25. The molecule has 0 aliphatic rings. The van der Waals surface area contributed by atoms with Crippen molar-refractivity contribution in [3.63, 3.8) is 0 Å². The van der Waals surface area contributed by atoms with Crippen LogP contribution in [0.2, 0.25) is 0 Å². The highest BCUT2D eigenvalue weighted by molar-refractivity contribution is 5.85. The molecule has 2 heterocycles. The minimum Gasteiger partial charge on any atom is -0.494 e. The zero-order valence-corrected chi connectivity index (χ0v) is 9.12. The molecule has 0 fully saturated rings. The predicted molar refractivity (Wildman–Crippen MR) is 61.0 cm³/mol. The van der Waals surface area contributed by atoms with Gasteiger partial charge in [0.05, 0.1) is 7.11 Å². The third kappa shape index (κ3) is 2.23. The third-order valence-corrected chi connectivity index (χ3v) is 2.25. The molecule has 2 aromatic rings. The van der Waals surface area contributed by atoms with E-state index in [1.807, 2.05) is 0 Å². The van der Waals surface area contributed by atoms with E-state index in [0.717, 1.165) is 0 Å². The van der Waals surface area contributed by atoms with E-state index in [0.29, 0.717) is 17.0 Å². The Kier molecular flexibility index (Phi) is 3.00. The molecule has 86 valence electrons. The zero-order valence-electron chi connectivity index (χ0n) is 9.12. The van der Waals surface area contributed by atoms with Crippen LogP contribution in [0.25, 0.3) is 11.3 Å². The lowest BCUT2D eigenvalue weighted by molar-refractivity contribution is 0.0690. The molecule has 0 aromatic carbocycles. The lowest BCUT2D eigenvalue weighted by Crippen LogP contribution is -1.99. The van der Waals surface area contributed by atoms with Gasteiger partial charge in [0.25, 0.3) is 0 Å². The lowest BCUT2D eigenvalue weighted by Gasteiger charge is -2.06. The van der Waals surface area contributed by atoms with E-state index >= 15 is 0 Å². The summed E-state index contributed by atoms with van der Waals surface area (Å²) in [5, 5.41) is 8.74. The smallest absolute Gasteiger partial charge is 0.354 e. The van der Waals surface area contributed by atoms with Crippen molar-refractivity contribution < 1.29 is 14.6 Å². The lowest BCUT2D eigenvalue weighted by atomic mass is 10.1. The zero-order chi connectivity index (χ0) is 12.3. The Morgan fingerprint density at radius 2 is 2.12 bits per heavy atom. The Hall–Kier alpha value is -2.43. The molecule has 0 saturated heterocycles. The SMILES string of the molecule is COc1cccnc1-c1ccc(C(=O)O)nc1. The number of rotatable bonds is 3. The first-order chi connectivity index (χ1) is 8.22. The Balaban J connectivity index is 2.43. The topological polar surface area (TPSA) is 72.3 Å². The summed E-state index contributed by atoms with van der Waals surface area (Å²) in [6.07, 6.45) is 3.11. The van der Waals surface area contributed by atoms with Gasteiger partial charge in [-0.05, 0) is 24.3 Å². The summed E-state index contributed by atoms with van der Waals surface area (Å²) in [4.78, 5) is 18.7. The summed E-state index contributed by atoms with van der Waals surface area (Å²) >= 11 is 0. The summed E-state index contributed by atoms with van der Waals surface area (Å²) in [5.41, 5.74) is 1.36. The first-order valence-electron chi connectivity index (χ1n) is 4.91. The molecule has 0 saturated carbocycles. The number of nitrogens with zero attached hydrogens (tertiary/aromatic N) is 2. The Labute approximate surface area is 97.7 Å². The summed E-state index contributed by atoms with van der Waals surface area (Å²) in [6, 6.07) is 6.64. The average Bonchev–Trinajstić information content (AvgIpc) is 2.39. The van der Waals surface area contributed by atoms with Crippen molar-refractivity contribution in [3.05, 3.63) is 42.4 Å². The van der Waals surface area contributed by atoms with E-state index in [9.17, 15) is 4.79 Å². The van der Waals surface area contributed by atoms with Gasteiger partial charge in [-0.25, -0.2) is 9.78 Å². The van der Waals surface area contributed by atoms with Gasteiger partial charge in [0, 0.05) is 18.0 Å². The van der Waals surface area contributed by atoms with Gasteiger partial charge in [-0.15, -0.1) is 0 Å². The molecule has 2 rings (SSSR count). The van der Waals surface area contributed by atoms with Crippen molar-refractivity contribution in [1.29, 1.82) is 0 Å². The maximum atomic E-state index is 10.7. The van der Waals surface area contributed by atoms with E-state index in [1.54, 1.807) is 31.5 Å². The second kappa shape index (κ2) is 4.61. The van der Waals surface area contributed by atoms with E-state index < -0.39 is 5.97 Å². The fraction of sp³-hybridized carbons (Fsp3) is 0.0833. The van der Waals surface area contributed by atoms with Crippen molar-refractivity contribution >= 4 is 5.97 Å². The first-order valence-corrected chi connectivity index (χ1v) is 4.91. The van der Waals surface area contributed by atoms with Gasteiger partial charge in [-0.1, -0.05) is 0 Å². The molecule has 5 heteroatoms. The van der Waals surface area contributed by atoms with Gasteiger partial charge in [-0.2, -0.15) is 0 Å². The van der Waals surface area contributed by atoms with Crippen LogP contribution < -0.4 is 4.74 Å². The van der Waals surface area contributed by atoms with E-state index in [1.165, 1.54) is 12.3 Å².